The molecular weight excluding hydrogens is 538 g/mol. The molecule has 0 atom stereocenters. The number of carbonyl (C=O) groups is 1. The number of pyridine rings is 1. The highest BCUT2D eigenvalue weighted by atomic mass is 32.1. The van der Waals surface area contributed by atoms with E-state index in [9.17, 15) is 14.0 Å². The number of thiophene rings is 1. The van der Waals surface area contributed by atoms with E-state index in [2.05, 4.69) is 20.4 Å². The van der Waals surface area contributed by atoms with Crippen LogP contribution in [0.2, 0.25) is 0 Å². The lowest BCUT2D eigenvalue weighted by atomic mass is 10.2. The first kappa shape index (κ1) is 25.1. The van der Waals surface area contributed by atoms with Crippen LogP contribution in [0.4, 0.5) is 14.5 Å². The molecule has 0 spiro atoms. The summed E-state index contributed by atoms with van der Waals surface area (Å²) in [4.78, 5) is 35.3. The molecule has 0 bridgehead atoms. The number of nitrogens with one attached hydrogen (secondary N) is 1. The highest BCUT2D eigenvalue weighted by Gasteiger charge is 2.17. The Hall–Kier alpha value is -5.23. The van der Waals surface area contributed by atoms with E-state index in [1.54, 1.807) is 18.5 Å². The second-order valence-corrected chi connectivity index (χ2v) is 9.69. The maximum Gasteiger partial charge on any atom is 0.284 e. The van der Waals surface area contributed by atoms with Crippen LogP contribution in [0.1, 0.15) is 10.4 Å². The molecule has 6 aromatic rings. The lowest BCUT2D eigenvalue weighted by Crippen LogP contribution is -2.29. The van der Waals surface area contributed by atoms with Gasteiger partial charge in [0.1, 0.15) is 23.0 Å². The van der Waals surface area contributed by atoms with E-state index < -0.39 is 23.1 Å². The predicted molar refractivity (Wildman–Crippen MR) is 146 cm³/mol. The van der Waals surface area contributed by atoms with Gasteiger partial charge in [0.05, 0.1) is 20.8 Å². The number of fused-ring (bicyclic) bond motifs is 1. The first-order valence-electron chi connectivity index (χ1n) is 11.9. The highest BCUT2D eigenvalue weighted by molar-refractivity contribution is 7.22. The van der Waals surface area contributed by atoms with Crippen LogP contribution < -0.4 is 15.6 Å². The summed E-state index contributed by atoms with van der Waals surface area (Å²) in [5.74, 6) is -0.809. The topological polar surface area (TPSA) is 104 Å². The van der Waals surface area contributed by atoms with Crippen molar-refractivity contribution in [2.24, 2.45) is 7.05 Å². The molecule has 9 nitrogen and oxygen atoms in total. The van der Waals surface area contributed by atoms with Crippen molar-refractivity contribution in [1.82, 2.24) is 24.3 Å². The third-order valence-electron chi connectivity index (χ3n) is 5.99. The Balaban J connectivity index is 1.23. The van der Waals surface area contributed by atoms with Crippen LogP contribution in [0.15, 0.2) is 90.2 Å². The number of nitrogens with zero attached hydrogens (tertiary/aromatic N) is 5. The van der Waals surface area contributed by atoms with Crippen molar-refractivity contribution in [2.75, 3.05) is 5.32 Å². The largest absolute Gasteiger partial charge is 0.453 e. The zero-order valence-corrected chi connectivity index (χ0v) is 21.5. The van der Waals surface area contributed by atoms with E-state index in [-0.39, 0.29) is 22.7 Å². The summed E-state index contributed by atoms with van der Waals surface area (Å²) < 4.78 is 37.8. The SMILES string of the molecule is Cn1ccnc1-c1cc2nccc(Oc3ccc(NC(=O)c4ccnn(-c5ccc(F)cc5)c4=O)cc3F)c2s1. The fourth-order valence-electron chi connectivity index (χ4n) is 4.04. The normalized spacial score (nSPS) is 11.1. The second kappa shape index (κ2) is 10.2. The summed E-state index contributed by atoms with van der Waals surface area (Å²) in [6, 6.07) is 13.8. The van der Waals surface area contributed by atoms with Gasteiger partial charge in [0.15, 0.2) is 11.6 Å². The number of anilines is 1. The number of hydrogen-bond acceptors (Lipinski definition) is 7. The summed E-state index contributed by atoms with van der Waals surface area (Å²) in [7, 11) is 1.89. The summed E-state index contributed by atoms with van der Waals surface area (Å²) in [5, 5.41) is 6.47. The van der Waals surface area contributed by atoms with Gasteiger partial charge in [-0.25, -0.2) is 13.8 Å². The van der Waals surface area contributed by atoms with Gasteiger partial charge < -0.3 is 14.6 Å². The Morgan fingerprint density at radius 3 is 2.52 bits per heavy atom. The van der Waals surface area contributed by atoms with Gasteiger partial charge in [-0.2, -0.15) is 9.78 Å². The monoisotopic (exact) mass is 556 g/mol. The number of ether oxygens (including phenoxy) is 1. The van der Waals surface area contributed by atoms with Crippen molar-refractivity contribution < 1.29 is 18.3 Å². The molecule has 6 rings (SSSR count). The van der Waals surface area contributed by atoms with Gasteiger partial charge in [-0.3, -0.25) is 14.6 Å². The fourth-order valence-corrected chi connectivity index (χ4v) is 5.14. The average Bonchev–Trinajstić information content (AvgIpc) is 3.57. The number of halogens is 2. The molecule has 0 radical (unpaired) electrons. The molecule has 0 unspecified atom stereocenters. The number of rotatable bonds is 6. The number of benzene rings is 2. The number of hydrogen-bond donors (Lipinski definition) is 1. The summed E-state index contributed by atoms with van der Waals surface area (Å²) in [6.07, 6.45) is 6.40. The lowest BCUT2D eigenvalue weighted by Gasteiger charge is -2.10. The van der Waals surface area contributed by atoms with E-state index in [0.717, 1.165) is 26.1 Å². The molecule has 0 aliphatic heterocycles. The third kappa shape index (κ3) is 4.71. The lowest BCUT2D eigenvalue weighted by molar-refractivity contribution is 0.102. The van der Waals surface area contributed by atoms with E-state index >= 15 is 4.39 Å². The maximum absolute atomic E-state index is 15.1. The van der Waals surface area contributed by atoms with Gasteiger partial charge in [0, 0.05) is 49.7 Å². The van der Waals surface area contributed by atoms with Crippen LogP contribution in [-0.4, -0.2) is 30.2 Å². The Morgan fingerprint density at radius 1 is 0.950 bits per heavy atom. The molecule has 12 heteroatoms. The van der Waals surface area contributed by atoms with Crippen LogP contribution in [-0.2, 0) is 7.05 Å². The van der Waals surface area contributed by atoms with Gasteiger partial charge in [0.25, 0.3) is 11.5 Å². The minimum atomic E-state index is -0.757. The second-order valence-electron chi connectivity index (χ2n) is 8.64. The van der Waals surface area contributed by atoms with E-state index in [0.29, 0.717) is 11.3 Å². The van der Waals surface area contributed by atoms with Crippen molar-refractivity contribution >= 4 is 33.1 Å². The summed E-state index contributed by atoms with van der Waals surface area (Å²) >= 11 is 1.43. The van der Waals surface area contributed by atoms with Gasteiger partial charge >= 0.3 is 0 Å². The van der Waals surface area contributed by atoms with Crippen LogP contribution in [0.5, 0.6) is 11.5 Å². The number of aryl methyl sites for hydroxylation is 1. The van der Waals surface area contributed by atoms with E-state index in [1.807, 2.05) is 23.9 Å². The smallest absolute Gasteiger partial charge is 0.284 e. The van der Waals surface area contributed by atoms with Crippen molar-refractivity contribution in [1.29, 1.82) is 0 Å². The standard InChI is InChI=1S/C28H18F2N6O3S/c1-35-13-12-32-26(35)24-15-21-25(40-24)23(9-10-31-21)39-22-7-4-17(14-20(22)30)34-27(37)19-8-11-33-36(28(19)38)18-5-2-16(29)3-6-18/h2-15H,1H3,(H,34,37). The quantitative estimate of drug-likeness (QED) is 0.288. The number of amides is 1. The predicted octanol–water partition coefficient (Wildman–Crippen LogP) is 5.57. The zero-order valence-electron chi connectivity index (χ0n) is 20.7. The van der Waals surface area contributed by atoms with Crippen molar-refractivity contribution in [2.45, 2.75) is 0 Å². The van der Waals surface area contributed by atoms with Gasteiger partial charge in [-0.15, -0.1) is 11.3 Å². The summed E-state index contributed by atoms with van der Waals surface area (Å²) in [5.41, 5.74) is 0.160. The van der Waals surface area contributed by atoms with E-state index in [1.165, 1.54) is 60.0 Å². The number of imidazole rings is 1. The average molecular weight is 557 g/mol. The van der Waals surface area contributed by atoms with Gasteiger partial charge in [-0.1, -0.05) is 0 Å². The molecule has 1 N–H and O–H groups in total. The first-order chi connectivity index (χ1) is 19.4. The Kier molecular flexibility index (Phi) is 6.36. The molecular formula is C28H18F2N6O3S. The van der Waals surface area contributed by atoms with E-state index in [4.69, 9.17) is 4.74 Å². The van der Waals surface area contributed by atoms with Crippen molar-refractivity contribution in [3.8, 4) is 27.9 Å². The van der Waals surface area contributed by atoms with Gasteiger partial charge in [0.2, 0.25) is 0 Å². The minimum absolute atomic E-state index is 0.0555. The molecule has 0 fully saturated rings. The maximum atomic E-state index is 15.1. The molecule has 0 aliphatic carbocycles. The van der Waals surface area contributed by atoms with Crippen LogP contribution in [0.3, 0.4) is 0 Å². The molecule has 40 heavy (non-hydrogen) atoms. The minimum Gasteiger partial charge on any atom is -0.453 e. The van der Waals surface area contributed by atoms with Crippen LogP contribution in [0, 0.1) is 11.6 Å². The first-order valence-corrected chi connectivity index (χ1v) is 12.7. The molecule has 0 saturated carbocycles. The molecule has 4 heterocycles. The summed E-state index contributed by atoms with van der Waals surface area (Å²) in [6.45, 7) is 0. The Bertz CT molecular complexity index is 1950. The Morgan fingerprint density at radius 2 is 1.77 bits per heavy atom. The molecule has 198 valence electrons. The van der Waals surface area contributed by atoms with Crippen molar-refractivity contribution in [3.05, 3.63) is 113 Å². The molecule has 0 saturated heterocycles. The van der Waals surface area contributed by atoms with Gasteiger partial charge in [-0.05, 0) is 48.5 Å². The Labute approximate surface area is 229 Å². The third-order valence-corrected chi connectivity index (χ3v) is 7.12. The molecule has 0 aliphatic rings. The highest BCUT2D eigenvalue weighted by Crippen LogP contribution is 2.39. The molecule has 4 aromatic heterocycles. The molecule has 1 amide bonds. The van der Waals surface area contributed by atoms with Crippen molar-refractivity contribution in [3.63, 3.8) is 0 Å². The van der Waals surface area contributed by atoms with Crippen LogP contribution >= 0.6 is 11.3 Å². The fraction of sp³-hybridized carbons (Fsp3) is 0.0357. The zero-order chi connectivity index (χ0) is 27.8. The number of aromatic nitrogens is 5. The molecule has 2 aromatic carbocycles. The van der Waals surface area contributed by atoms with Crippen LogP contribution in [0.25, 0.3) is 26.6 Å². The number of carbonyl (C=O) groups excluding carboxylic acids is 1.